The number of aryl methyl sites for hydroxylation is 2. The topological polar surface area (TPSA) is 42.0 Å². The fourth-order valence-electron chi connectivity index (χ4n) is 2.53. The number of halogens is 3. The van der Waals surface area contributed by atoms with Gasteiger partial charge in [-0.15, -0.1) is 0 Å². The number of benzene rings is 1. The summed E-state index contributed by atoms with van der Waals surface area (Å²) in [5, 5.41) is 2.81. The maximum absolute atomic E-state index is 13.1. The summed E-state index contributed by atoms with van der Waals surface area (Å²) in [6.07, 6.45) is 2.79. The van der Waals surface area contributed by atoms with Crippen LogP contribution in [0.25, 0.3) is 0 Å². The van der Waals surface area contributed by atoms with Gasteiger partial charge in [-0.05, 0) is 48.6 Å². The third-order valence-electron chi connectivity index (χ3n) is 3.69. The Morgan fingerprint density at radius 3 is 2.82 bits per heavy atom. The highest BCUT2D eigenvalue weighted by Gasteiger charge is 2.19. The van der Waals surface area contributed by atoms with E-state index in [4.69, 9.17) is 11.6 Å². The van der Waals surface area contributed by atoms with Gasteiger partial charge in [-0.1, -0.05) is 17.7 Å². The zero-order chi connectivity index (χ0) is 15.7. The van der Waals surface area contributed by atoms with E-state index in [1.807, 2.05) is 0 Å². The Kier molecular flexibility index (Phi) is 4.07. The number of carbonyl (C=O) groups excluding carboxylic acids is 1. The smallest absolute Gasteiger partial charge is 0.254 e. The molecule has 2 aromatic rings. The van der Waals surface area contributed by atoms with E-state index in [0.29, 0.717) is 11.1 Å². The molecule has 0 fully saturated rings. The number of aromatic nitrogens is 1. The van der Waals surface area contributed by atoms with Crippen LogP contribution in [0.1, 0.15) is 33.6 Å². The number of nitrogens with one attached hydrogen (secondary N) is 1. The standard InChI is InChI=1S/C16H13ClF2N2O/c17-15-11(7-10-2-1-3-14(10)21-15)16(22)20-8-9-4-5-12(18)13(19)6-9/h4-7H,1-3,8H2,(H,20,22). The van der Waals surface area contributed by atoms with E-state index in [9.17, 15) is 13.6 Å². The lowest BCUT2D eigenvalue weighted by atomic mass is 10.1. The van der Waals surface area contributed by atoms with Crippen LogP contribution in [0.3, 0.4) is 0 Å². The number of amides is 1. The second-order valence-corrected chi connectivity index (χ2v) is 5.58. The maximum atomic E-state index is 13.1. The lowest BCUT2D eigenvalue weighted by Gasteiger charge is -2.09. The summed E-state index contributed by atoms with van der Waals surface area (Å²) in [7, 11) is 0. The summed E-state index contributed by atoms with van der Waals surface area (Å²) in [6.45, 7) is 0.0868. The zero-order valence-corrected chi connectivity index (χ0v) is 12.4. The van der Waals surface area contributed by atoms with Crippen LogP contribution in [0.5, 0.6) is 0 Å². The number of nitrogens with zero attached hydrogens (tertiary/aromatic N) is 1. The van der Waals surface area contributed by atoms with Gasteiger partial charge in [0.25, 0.3) is 5.91 Å². The third-order valence-corrected chi connectivity index (χ3v) is 3.97. The average molecular weight is 323 g/mol. The van der Waals surface area contributed by atoms with Crippen molar-refractivity contribution in [2.24, 2.45) is 0 Å². The second-order valence-electron chi connectivity index (χ2n) is 5.22. The molecule has 1 amide bonds. The first-order chi connectivity index (χ1) is 10.5. The summed E-state index contributed by atoms with van der Waals surface area (Å²) in [5.41, 5.74) is 2.77. The number of carbonyl (C=O) groups is 1. The van der Waals surface area contributed by atoms with E-state index in [-0.39, 0.29) is 17.6 Å². The first-order valence-electron chi connectivity index (χ1n) is 6.95. The maximum Gasteiger partial charge on any atom is 0.254 e. The van der Waals surface area contributed by atoms with E-state index < -0.39 is 11.6 Å². The molecule has 22 heavy (non-hydrogen) atoms. The van der Waals surface area contributed by atoms with Crippen molar-refractivity contribution in [3.63, 3.8) is 0 Å². The van der Waals surface area contributed by atoms with Crippen molar-refractivity contribution in [1.82, 2.24) is 10.3 Å². The molecule has 3 nitrogen and oxygen atoms in total. The van der Waals surface area contributed by atoms with Crippen LogP contribution in [-0.2, 0) is 19.4 Å². The molecule has 1 heterocycles. The third kappa shape index (κ3) is 2.95. The Labute approximate surface area is 131 Å². The Balaban J connectivity index is 1.73. The van der Waals surface area contributed by atoms with E-state index >= 15 is 0 Å². The van der Waals surface area contributed by atoms with Crippen molar-refractivity contribution in [1.29, 1.82) is 0 Å². The van der Waals surface area contributed by atoms with Crippen molar-refractivity contribution in [3.05, 3.63) is 63.4 Å². The lowest BCUT2D eigenvalue weighted by molar-refractivity contribution is 0.0950. The van der Waals surface area contributed by atoms with Crippen molar-refractivity contribution in [3.8, 4) is 0 Å². The quantitative estimate of drug-likeness (QED) is 0.880. The van der Waals surface area contributed by atoms with Gasteiger partial charge in [-0.2, -0.15) is 0 Å². The molecule has 0 atom stereocenters. The van der Waals surface area contributed by atoms with Crippen molar-refractivity contribution in [2.75, 3.05) is 0 Å². The molecular weight excluding hydrogens is 310 g/mol. The van der Waals surface area contributed by atoms with E-state index in [2.05, 4.69) is 10.3 Å². The SMILES string of the molecule is O=C(NCc1ccc(F)c(F)c1)c1cc2c(nc1Cl)CCC2. The summed E-state index contributed by atoms with van der Waals surface area (Å²) in [4.78, 5) is 16.4. The van der Waals surface area contributed by atoms with Crippen LogP contribution in [0.4, 0.5) is 8.78 Å². The molecule has 0 radical (unpaired) electrons. The second kappa shape index (κ2) is 6.01. The van der Waals surface area contributed by atoms with Crippen LogP contribution < -0.4 is 5.32 Å². The Morgan fingerprint density at radius 2 is 2.05 bits per heavy atom. The molecule has 3 rings (SSSR count). The predicted octanol–water partition coefficient (Wildman–Crippen LogP) is 3.43. The highest BCUT2D eigenvalue weighted by molar-refractivity contribution is 6.32. The fourth-order valence-corrected chi connectivity index (χ4v) is 2.78. The molecule has 0 saturated heterocycles. The van der Waals surface area contributed by atoms with Gasteiger partial charge < -0.3 is 5.32 Å². The molecule has 1 aliphatic rings. The van der Waals surface area contributed by atoms with Gasteiger partial charge in [-0.3, -0.25) is 4.79 Å². The van der Waals surface area contributed by atoms with Crippen molar-refractivity contribution in [2.45, 2.75) is 25.8 Å². The number of fused-ring (bicyclic) bond motifs is 1. The molecular formula is C16H13ClF2N2O. The summed E-state index contributed by atoms with van der Waals surface area (Å²) in [6, 6.07) is 5.26. The first-order valence-corrected chi connectivity index (χ1v) is 7.33. The Morgan fingerprint density at radius 1 is 1.23 bits per heavy atom. The molecule has 0 saturated carbocycles. The van der Waals surface area contributed by atoms with E-state index in [1.165, 1.54) is 6.07 Å². The highest BCUT2D eigenvalue weighted by atomic mass is 35.5. The zero-order valence-electron chi connectivity index (χ0n) is 11.6. The molecule has 1 aliphatic carbocycles. The number of hydrogen-bond acceptors (Lipinski definition) is 2. The van der Waals surface area contributed by atoms with Gasteiger partial charge in [0, 0.05) is 12.2 Å². The predicted molar refractivity (Wildman–Crippen MR) is 78.8 cm³/mol. The van der Waals surface area contributed by atoms with E-state index in [0.717, 1.165) is 42.7 Å². The Bertz CT molecular complexity index is 749. The molecule has 1 N–H and O–H groups in total. The molecule has 1 aromatic carbocycles. The molecule has 1 aromatic heterocycles. The summed E-state index contributed by atoms with van der Waals surface area (Å²) in [5.74, 6) is -2.23. The minimum absolute atomic E-state index is 0.0868. The molecule has 0 aliphatic heterocycles. The molecule has 0 bridgehead atoms. The van der Waals surface area contributed by atoms with Gasteiger partial charge in [-0.25, -0.2) is 13.8 Å². The number of hydrogen-bond donors (Lipinski definition) is 1. The van der Waals surface area contributed by atoms with Gasteiger partial charge in [0.1, 0.15) is 5.15 Å². The lowest BCUT2D eigenvalue weighted by Crippen LogP contribution is -2.23. The normalized spacial score (nSPS) is 13.0. The molecule has 0 spiro atoms. The Hall–Kier alpha value is -2.01. The largest absolute Gasteiger partial charge is 0.348 e. The first kappa shape index (κ1) is 14.9. The van der Waals surface area contributed by atoms with Crippen LogP contribution >= 0.6 is 11.6 Å². The van der Waals surface area contributed by atoms with Crippen LogP contribution in [0.15, 0.2) is 24.3 Å². The van der Waals surface area contributed by atoms with Crippen molar-refractivity contribution >= 4 is 17.5 Å². The van der Waals surface area contributed by atoms with Crippen molar-refractivity contribution < 1.29 is 13.6 Å². The molecule has 0 unspecified atom stereocenters. The van der Waals surface area contributed by atoms with E-state index in [1.54, 1.807) is 6.07 Å². The minimum Gasteiger partial charge on any atom is -0.348 e. The summed E-state index contributed by atoms with van der Waals surface area (Å²) < 4.78 is 26.0. The number of rotatable bonds is 3. The monoisotopic (exact) mass is 322 g/mol. The van der Waals surface area contributed by atoms with Gasteiger partial charge >= 0.3 is 0 Å². The van der Waals surface area contributed by atoms with Gasteiger partial charge in [0.2, 0.25) is 0 Å². The molecule has 6 heteroatoms. The number of pyridine rings is 1. The van der Waals surface area contributed by atoms with Gasteiger partial charge in [0.15, 0.2) is 11.6 Å². The fraction of sp³-hybridized carbons (Fsp3) is 0.250. The summed E-state index contributed by atoms with van der Waals surface area (Å²) >= 11 is 6.05. The average Bonchev–Trinajstić information content (AvgIpc) is 2.94. The van der Waals surface area contributed by atoms with Crippen LogP contribution in [0, 0.1) is 11.6 Å². The van der Waals surface area contributed by atoms with Gasteiger partial charge in [0.05, 0.1) is 5.56 Å². The molecule has 114 valence electrons. The van der Waals surface area contributed by atoms with Crippen LogP contribution in [-0.4, -0.2) is 10.9 Å². The minimum atomic E-state index is -0.941. The highest BCUT2D eigenvalue weighted by Crippen LogP contribution is 2.25. The van der Waals surface area contributed by atoms with Crippen LogP contribution in [0.2, 0.25) is 5.15 Å².